The van der Waals surface area contributed by atoms with Crippen molar-refractivity contribution in [2.75, 3.05) is 25.0 Å². The van der Waals surface area contributed by atoms with Crippen LogP contribution in [-0.2, 0) is 10.2 Å². The second-order valence-corrected chi connectivity index (χ2v) is 8.97. The molecule has 1 heterocycles. The molecule has 1 aromatic carbocycles. The summed E-state index contributed by atoms with van der Waals surface area (Å²) in [5, 5.41) is 10.6. The molecule has 0 saturated heterocycles. The van der Waals surface area contributed by atoms with E-state index in [0.717, 1.165) is 36.2 Å². The lowest BCUT2D eigenvalue weighted by molar-refractivity contribution is -0.116. The zero-order valence-electron chi connectivity index (χ0n) is 19.8. The van der Waals surface area contributed by atoms with E-state index in [1.807, 2.05) is 44.2 Å². The maximum atomic E-state index is 12.9. The number of aryl methyl sites for hydroxylation is 1. The maximum absolute atomic E-state index is 12.9. The topological polar surface area (TPSA) is 79.3 Å². The van der Waals surface area contributed by atoms with E-state index in [2.05, 4.69) is 38.3 Å². The number of amides is 3. The number of unbranched alkanes of at least 4 members (excludes halogenated alkanes) is 1. The van der Waals surface area contributed by atoms with E-state index < -0.39 is 0 Å². The zero-order chi connectivity index (χ0) is 23.0. The predicted molar refractivity (Wildman–Crippen MR) is 126 cm³/mol. The number of anilines is 1. The Labute approximate surface area is 186 Å². The fourth-order valence-corrected chi connectivity index (χ4v) is 3.08. The molecule has 0 radical (unpaired) electrons. The van der Waals surface area contributed by atoms with Gasteiger partial charge in [-0.3, -0.25) is 4.79 Å². The molecule has 0 unspecified atom stereocenters. The van der Waals surface area contributed by atoms with Crippen molar-refractivity contribution in [3.05, 3.63) is 41.6 Å². The lowest BCUT2D eigenvalue weighted by Gasteiger charge is -2.22. The van der Waals surface area contributed by atoms with Crippen LogP contribution in [-0.4, -0.2) is 46.3 Å². The molecule has 170 valence electrons. The predicted octanol–water partition coefficient (Wildman–Crippen LogP) is 4.64. The first-order valence-corrected chi connectivity index (χ1v) is 11.2. The molecule has 0 bridgehead atoms. The lowest BCUT2D eigenvalue weighted by atomic mass is 9.92. The second kappa shape index (κ2) is 11.0. The third kappa shape index (κ3) is 7.12. The molecule has 0 fully saturated rings. The molecule has 0 saturated carbocycles. The van der Waals surface area contributed by atoms with Gasteiger partial charge in [-0.25, -0.2) is 9.48 Å². The fraction of sp³-hybridized carbons (Fsp3) is 0.542. The van der Waals surface area contributed by atoms with Crippen LogP contribution in [0.2, 0.25) is 0 Å². The van der Waals surface area contributed by atoms with Crippen LogP contribution in [0.1, 0.15) is 65.1 Å². The van der Waals surface area contributed by atoms with E-state index in [1.54, 1.807) is 9.58 Å². The number of rotatable bonds is 9. The molecule has 0 aliphatic heterocycles. The van der Waals surface area contributed by atoms with Gasteiger partial charge in [0, 0.05) is 24.6 Å². The highest BCUT2D eigenvalue weighted by molar-refractivity contribution is 5.94. The summed E-state index contributed by atoms with van der Waals surface area (Å²) in [5.41, 5.74) is 2.75. The second-order valence-electron chi connectivity index (χ2n) is 8.97. The van der Waals surface area contributed by atoms with Crippen molar-refractivity contribution >= 4 is 17.8 Å². The highest BCUT2D eigenvalue weighted by atomic mass is 16.2. The van der Waals surface area contributed by atoms with Crippen LogP contribution in [0.25, 0.3) is 5.69 Å². The number of nitrogens with zero attached hydrogens (tertiary/aromatic N) is 3. The Morgan fingerprint density at radius 1 is 1.10 bits per heavy atom. The number of nitrogens with one attached hydrogen (secondary N) is 2. The van der Waals surface area contributed by atoms with Crippen LogP contribution in [0.4, 0.5) is 10.6 Å². The molecule has 31 heavy (non-hydrogen) atoms. The molecule has 7 heteroatoms. The highest BCUT2D eigenvalue weighted by Crippen LogP contribution is 2.26. The minimum atomic E-state index is -0.243. The Morgan fingerprint density at radius 3 is 2.35 bits per heavy atom. The summed E-state index contributed by atoms with van der Waals surface area (Å²) in [5.74, 6) is 0.356. The van der Waals surface area contributed by atoms with E-state index in [0.29, 0.717) is 18.9 Å². The standard InChI is InChI=1S/C24H37N5O2/c1-7-9-14-25-23(31)28(15-8-2)17-22(30)26-21-16-20(24(4,5)6)27-29(21)19-12-10-18(3)11-13-19/h10-13,16H,7-9,14-15,17H2,1-6H3,(H,25,31)(H,26,30). The van der Waals surface area contributed by atoms with Crippen molar-refractivity contribution in [2.24, 2.45) is 0 Å². The fourth-order valence-electron chi connectivity index (χ4n) is 3.08. The normalized spacial score (nSPS) is 11.3. The van der Waals surface area contributed by atoms with Gasteiger partial charge in [0.1, 0.15) is 12.4 Å². The highest BCUT2D eigenvalue weighted by Gasteiger charge is 2.23. The maximum Gasteiger partial charge on any atom is 0.317 e. The quantitative estimate of drug-likeness (QED) is 0.572. The summed E-state index contributed by atoms with van der Waals surface area (Å²) in [6.07, 6.45) is 2.71. The summed E-state index contributed by atoms with van der Waals surface area (Å²) in [7, 11) is 0. The SMILES string of the molecule is CCCCNC(=O)N(CCC)CC(=O)Nc1cc(C(C)(C)C)nn1-c1ccc(C)cc1. The summed E-state index contributed by atoms with van der Waals surface area (Å²) in [6.45, 7) is 13.5. The van der Waals surface area contributed by atoms with Crippen molar-refractivity contribution in [3.8, 4) is 5.69 Å². The lowest BCUT2D eigenvalue weighted by Crippen LogP contribution is -2.44. The monoisotopic (exact) mass is 427 g/mol. The zero-order valence-corrected chi connectivity index (χ0v) is 19.8. The van der Waals surface area contributed by atoms with Gasteiger partial charge in [-0.1, -0.05) is 58.7 Å². The van der Waals surface area contributed by atoms with Gasteiger partial charge < -0.3 is 15.5 Å². The number of aromatic nitrogens is 2. The smallest absolute Gasteiger partial charge is 0.317 e. The summed E-state index contributed by atoms with van der Waals surface area (Å²) >= 11 is 0. The summed E-state index contributed by atoms with van der Waals surface area (Å²) < 4.78 is 1.75. The van der Waals surface area contributed by atoms with Crippen molar-refractivity contribution in [1.29, 1.82) is 0 Å². The first-order chi connectivity index (χ1) is 14.7. The number of benzene rings is 1. The largest absolute Gasteiger partial charge is 0.338 e. The van der Waals surface area contributed by atoms with Gasteiger partial charge in [0.25, 0.3) is 0 Å². The Morgan fingerprint density at radius 2 is 1.77 bits per heavy atom. The first-order valence-electron chi connectivity index (χ1n) is 11.2. The van der Waals surface area contributed by atoms with Crippen LogP contribution in [0.15, 0.2) is 30.3 Å². The van der Waals surface area contributed by atoms with Crippen LogP contribution < -0.4 is 10.6 Å². The minimum Gasteiger partial charge on any atom is -0.338 e. The third-order valence-electron chi connectivity index (χ3n) is 4.95. The van der Waals surface area contributed by atoms with Gasteiger partial charge in [0.15, 0.2) is 0 Å². The molecule has 2 N–H and O–H groups in total. The van der Waals surface area contributed by atoms with Gasteiger partial charge in [0.05, 0.1) is 11.4 Å². The van der Waals surface area contributed by atoms with E-state index in [9.17, 15) is 9.59 Å². The van der Waals surface area contributed by atoms with E-state index in [-0.39, 0.29) is 23.9 Å². The Hall–Kier alpha value is -2.83. The van der Waals surface area contributed by atoms with Gasteiger partial charge in [-0.15, -0.1) is 0 Å². The van der Waals surface area contributed by atoms with Gasteiger partial charge in [-0.2, -0.15) is 5.10 Å². The molecular formula is C24H37N5O2. The Bertz CT molecular complexity index is 865. The van der Waals surface area contributed by atoms with Gasteiger partial charge in [-0.05, 0) is 31.9 Å². The number of hydrogen-bond donors (Lipinski definition) is 2. The molecule has 0 spiro atoms. The van der Waals surface area contributed by atoms with Crippen LogP contribution in [0, 0.1) is 6.92 Å². The van der Waals surface area contributed by atoms with Crippen molar-refractivity contribution in [2.45, 2.75) is 66.2 Å². The molecule has 2 aromatic rings. The molecule has 2 rings (SSSR count). The number of urea groups is 1. The van der Waals surface area contributed by atoms with Crippen molar-refractivity contribution in [3.63, 3.8) is 0 Å². The van der Waals surface area contributed by atoms with Crippen LogP contribution >= 0.6 is 0 Å². The van der Waals surface area contributed by atoms with Crippen molar-refractivity contribution < 1.29 is 9.59 Å². The number of carbonyl (C=O) groups is 2. The van der Waals surface area contributed by atoms with E-state index in [1.165, 1.54) is 0 Å². The summed E-state index contributed by atoms with van der Waals surface area (Å²) in [4.78, 5) is 26.9. The Balaban J connectivity index is 2.21. The van der Waals surface area contributed by atoms with Gasteiger partial charge >= 0.3 is 6.03 Å². The first kappa shape index (κ1) is 24.4. The van der Waals surface area contributed by atoms with E-state index >= 15 is 0 Å². The molecule has 3 amide bonds. The number of carbonyl (C=O) groups excluding carboxylic acids is 2. The average molecular weight is 428 g/mol. The molecule has 0 aliphatic rings. The molecular weight excluding hydrogens is 390 g/mol. The Kier molecular flexibility index (Phi) is 8.65. The molecule has 0 aliphatic carbocycles. The van der Waals surface area contributed by atoms with Gasteiger partial charge in [0.2, 0.25) is 5.91 Å². The van der Waals surface area contributed by atoms with Crippen LogP contribution in [0.5, 0.6) is 0 Å². The average Bonchev–Trinajstić information content (AvgIpc) is 3.12. The number of hydrogen-bond acceptors (Lipinski definition) is 3. The molecule has 1 aromatic heterocycles. The van der Waals surface area contributed by atoms with E-state index in [4.69, 9.17) is 5.10 Å². The third-order valence-corrected chi connectivity index (χ3v) is 4.95. The molecule has 7 nitrogen and oxygen atoms in total. The minimum absolute atomic E-state index is 0.00424. The van der Waals surface area contributed by atoms with Crippen molar-refractivity contribution in [1.82, 2.24) is 20.0 Å². The molecule has 0 atom stereocenters. The summed E-state index contributed by atoms with van der Waals surface area (Å²) in [6, 6.07) is 9.70. The van der Waals surface area contributed by atoms with Crippen LogP contribution in [0.3, 0.4) is 0 Å².